The number of esters is 1. The molecule has 0 saturated carbocycles. The van der Waals surface area contributed by atoms with E-state index in [1.165, 1.54) is 26.2 Å². The molecule has 0 amide bonds. The molecule has 20 heavy (non-hydrogen) atoms. The van der Waals surface area contributed by atoms with Crippen LogP contribution in [0.4, 0.5) is 11.4 Å². The zero-order chi connectivity index (χ0) is 14.9. The molecule has 0 saturated heterocycles. The third-order valence-corrected chi connectivity index (χ3v) is 5.24. The van der Waals surface area contributed by atoms with E-state index in [4.69, 9.17) is 5.73 Å². The van der Waals surface area contributed by atoms with Gasteiger partial charge in [-0.2, -0.15) is 4.31 Å². The first kappa shape index (κ1) is 14.6. The van der Waals surface area contributed by atoms with E-state index in [1.54, 1.807) is 6.07 Å². The Hall–Kier alpha value is -1.80. The summed E-state index contributed by atoms with van der Waals surface area (Å²) in [7, 11) is -2.54. The fraction of sp³-hybridized carbons (Fsp3) is 0.417. The molecule has 0 radical (unpaired) electrons. The lowest BCUT2D eigenvalue weighted by Crippen LogP contribution is -2.44. The number of carbonyl (C=O) groups is 1. The van der Waals surface area contributed by atoms with Gasteiger partial charge in [0.1, 0.15) is 10.9 Å². The first-order chi connectivity index (χ1) is 9.37. The maximum Gasteiger partial charge on any atom is 0.323 e. The van der Waals surface area contributed by atoms with E-state index in [2.05, 4.69) is 10.1 Å². The molecule has 0 bridgehead atoms. The van der Waals surface area contributed by atoms with Crippen molar-refractivity contribution in [1.82, 2.24) is 4.31 Å². The van der Waals surface area contributed by atoms with Crippen LogP contribution in [0.1, 0.15) is 6.92 Å². The topological polar surface area (TPSA) is 102 Å². The standard InChI is InChI=1S/C12H17N3O4S/c1-8(12(16)19-2)15-6-5-14-10-7-9(13)3-4-11(10)20(15,17)18/h3-4,7-8,14H,5-6,13H2,1-2H3/t8-/m1/s1. The van der Waals surface area contributed by atoms with Crippen molar-refractivity contribution in [1.29, 1.82) is 0 Å². The Kier molecular flexibility index (Phi) is 3.87. The number of sulfonamides is 1. The largest absolute Gasteiger partial charge is 0.468 e. The van der Waals surface area contributed by atoms with Gasteiger partial charge >= 0.3 is 5.97 Å². The summed E-state index contributed by atoms with van der Waals surface area (Å²) in [5.74, 6) is -0.590. The Balaban J connectivity index is 2.49. The minimum Gasteiger partial charge on any atom is -0.468 e. The number of hydrogen-bond donors (Lipinski definition) is 2. The summed E-state index contributed by atoms with van der Waals surface area (Å²) in [4.78, 5) is 11.7. The summed E-state index contributed by atoms with van der Waals surface area (Å²) in [6.07, 6.45) is 0. The predicted octanol–water partition coefficient (Wildman–Crippen LogP) is 0.246. The number of rotatable bonds is 2. The number of fused-ring (bicyclic) bond motifs is 1. The smallest absolute Gasteiger partial charge is 0.323 e. The highest BCUT2D eigenvalue weighted by Gasteiger charge is 2.36. The molecule has 8 heteroatoms. The van der Waals surface area contributed by atoms with Crippen molar-refractivity contribution >= 4 is 27.4 Å². The average Bonchev–Trinajstić information content (AvgIpc) is 2.53. The second kappa shape index (κ2) is 5.29. The second-order valence-corrected chi connectivity index (χ2v) is 6.36. The number of nitrogens with two attached hydrogens (primary N) is 1. The number of nitrogen functional groups attached to an aromatic ring is 1. The van der Waals surface area contributed by atoms with E-state index in [0.717, 1.165) is 4.31 Å². The minimum atomic E-state index is -3.78. The van der Waals surface area contributed by atoms with Crippen molar-refractivity contribution in [2.45, 2.75) is 17.9 Å². The van der Waals surface area contributed by atoms with E-state index in [1.807, 2.05) is 0 Å². The number of nitrogens with one attached hydrogen (secondary N) is 1. The van der Waals surface area contributed by atoms with Gasteiger partial charge in [0.15, 0.2) is 0 Å². The van der Waals surface area contributed by atoms with E-state index >= 15 is 0 Å². The van der Waals surface area contributed by atoms with Gasteiger partial charge in [0.2, 0.25) is 10.0 Å². The maximum atomic E-state index is 12.6. The van der Waals surface area contributed by atoms with Crippen molar-refractivity contribution in [2.75, 3.05) is 31.2 Å². The third-order valence-electron chi connectivity index (χ3n) is 3.21. The monoisotopic (exact) mass is 299 g/mol. The van der Waals surface area contributed by atoms with Gasteiger partial charge in [0, 0.05) is 18.8 Å². The lowest BCUT2D eigenvalue weighted by molar-refractivity contribution is -0.144. The fourth-order valence-electron chi connectivity index (χ4n) is 2.15. The molecule has 1 heterocycles. The number of benzene rings is 1. The van der Waals surface area contributed by atoms with Crippen LogP contribution in [0, 0.1) is 0 Å². The van der Waals surface area contributed by atoms with Crippen LogP contribution in [0.25, 0.3) is 0 Å². The van der Waals surface area contributed by atoms with Crippen LogP contribution in [-0.4, -0.2) is 44.9 Å². The lowest BCUT2D eigenvalue weighted by Gasteiger charge is -2.24. The SMILES string of the molecule is COC(=O)[C@@H](C)N1CCNc2cc(N)ccc2S1(=O)=O. The van der Waals surface area contributed by atoms with Crippen LogP contribution >= 0.6 is 0 Å². The number of hydrogen-bond acceptors (Lipinski definition) is 6. The summed E-state index contributed by atoms with van der Waals surface area (Å²) >= 11 is 0. The van der Waals surface area contributed by atoms with Crippen LogP contribution in [0.15, 0.2) is 23.1 Å². The van der Waals surface area contributed by atoms with Crippen molar-refractivity contribution in [3.8, 4) is 0 Å². The molecule has 110 valence electrons. The van der Waals surface area contributed by atoms with Gasteiger partial charge in [-0.1, -0.05) is 0 Å². The summed E-state index contributed by atoms with van der Waals surface area (Å²) < 4.78 is 31.0. The highest BCUT2D eigenvalue weighted by atomic mass is 32.2. The Morgan fingerprint density at radius 1 is 1.50 bits per heavy atom. The Labute approximate surface area is 117 Å². The van der Waals surface area contributed by atoms with Gasteiger partial charge in [-0.05, 0) is 25.1 Å². The molecule has 1 aliphatic rings. The number of carbonyl (C=O) groups excluding carboxylic acids is 1. The molecule has 3 N–H and O–H groups in total. The Morgan fingerprint density at radius 3 is 2.85 bits per heavy atom. The number of anilines is 2. The van der Waals surface area contributed by atoms with Gasteiger partial charge in [-0.25, -0.2) is 8.42 Å². The van der Waals surface area contributed by atoms with Crippen LogP contribution in [0.3, 0.4) is 0 Å². The van der Waals surface area contributed by atoms with E-state index in [9.17, 15) is 13.2 Å². The Bertz CT molecular complexity index is 630. The second-order valence-electron chi connectivity index (χ2n) is 4.50. The van der Waals surface area contributed by atoms with Gasteiger partial charge < -0.3 is 15.8 Å². The minimum absolute atomic E-state index is 0.111. The lowest BCUT2D eigenvalue weighted by atomic mass is 10.3. The molecule has 0 spiro atoms. The van der Waals surface area contributed by atoms with Crippen LogP contribution in [0.5, 0.6) is 0 Å². The van der Waals surface area contributed by atoms with Crippen molar-refractivity contribution in [3.05, 3.63) is 18.2 Å². The van der Waals surface area contributed by atoms with Gasteiger partial charge in [0.05, 0.1) is 12.8 Å². The molecular formula is C12H17N3O4S. The summed E-state index contributed by atoms with van der Waals surface area (Å²) in [5.41, 5.74) is 6.58. The van der Waals surface area contributed by atoms with E-state index < -0.39 is 22.0 Å². The van der Waals surface area contributed by atoms with Crippen LogP contribution < -0.4 is 11.1 Å². The van der Waals surface area contributed by atoms with Crippen molar-refractivity contribution in [3.63, 3.8) is 0 Å². The summed E-state index contributed by atoms with van der Waals surface area (Å²) in [6, 6.07) is 3.65. The predicted molar refractivity (Wildman–Crippen MR) is 74.7 cm³/mol. The maximum absolute atomic E-state index is 12.6. The molecule has 0 aromatic heterocycles. The van der Waals surface area contributed by atoms with E-state index in [0.29, 0.717) is 17.9 Å². The third kappa shape index (κ3) is 2.44. The fourth-order valence-corrected chi connectivity index (χ4v) is 3.88. The normalized spacial score (nSPS) is 19.3. The van der Waals surface area contributed by atoms with Gasteiger partial charge in [-0.15, -0.1) is 0 Å². The molecule has 1 aromatic carbocycles. The molecule has 1 aliphatic heterocycles. The van der Waals surface area contributed by atoms with Crippen molar-refractivity contribution < 1.29 is 17.9 Å². The first-order valence-corrected chi connectivity index (χ1v) is 7.55. The molecule has 7 nitrogen and oxygen atoms in total. The summed E-state index contributed by atoms with van der Waals surface area (Å²) in [5, 5.41) is 3.01. The molecular weight excluding hydrogens is 282 g/mol. The van der Waals surface area contributed by atoms with E-state index in [-0.39, 0.29) is 11.4 Å². The Morgan fingerprint density at radius 2 is 2.20 bits per heavy atom. The highest BCUT2D eigenvalue weighted by Crippen LogP contribution is 2.30. The molecule has 1 atom stereocenters. The van der Waals surface area contributed by atoms with Gasteiger partial charge in [0.25, 0.3) is 0 Å². The number of ether oxygens (including phenoxy) is 1. The highest BCUT2D eigenvalue weighted by molar-refractivity contribution is 7.89. The molecule has 2 rings (SSSR count). The molecule has 0 aliphatic carbocycles. The average molecular weight is 299 g/mol. The molecule has 1 aromatic rings. The quantitative estimate of drug-likeness (QED) is 0.599. The number of nitrogens with zero attached hydrogens (tertiary/aromatic N) is 1. The zero-order valence-electron chi connectivity index (χ0n) is 11.3. The number of methoxy groups -OCH3 is 1. The van der Waals surface area contributed by atoms with Crippen molar-refractivity contribution in [2.24, 2.45) is 0 Å². The zero-order valence-corrected chi connectivity index (χ0v) is 12.1. The van der Waals surface area contributed by atoms with Crippen LogP contribution in [-0.2, 0) is 19.6 Å². The van der Waals surface area contributed by atoms with Gasteiger partial charge in [-0.3, -0.25) is 4.79 Å². The molecule has 0 unspecified atom stereocenters. The summed E-state index contributed by atoms with van der Waals surface area (Å²) in [6.45, 7) is 2.07. The molecule has 0 fully saturated rings. The first-order valence-electron chi connectivity index (χ1n) is 6.11. The van der Waals surface area contributed by atoms with Crippen LogP contribution in [0.2, 0.25) is 0 Å².